The van der Waals surface area contributed by atoms with Gasteiger partial charge in [0.25, 0.3) is 5.91 Å². The third-order valence-corrected chi connectivity index (χ3v) is 6.02. The summed E-state index contributed by atoms with van der Waals surface area (Å²) in [4.78, 5) is 29.1. The van der Waals surface area contributed by atoms with Crippen molar-refractivity contribution >= 4 is 25.4 Å². The molecule has 2 aromatic rings. The summed E-state index contributed by atoms with van der Waals surface area (Å²) >= 11 is 0. The molecule has 32 heavy (non-hydrogen) atoms. The van der Waals surface area contributed by atoms with Crippen LogP contribution in [-0.2, 0) is 11.3 Å². The molecule has 3 amide bonds. The lowest BCUT2D eigenvalue weighted by Crippen LogP contribution is -2.49. The van der Waals surface area contributed by atoms with Crippen molar-refractivity contribution in [1.82, 2.24) is 15.3 Å². The summed E-state index contributed by atoms with van der Waals surface area (Å²) in [5, 5.41) is 8.93. The van der Waals surface area contributed by atoms with Crippen LogP contribution in [0, 0.1) is 0 Å². The number of fused-ring (bicyclic) bond motifs is 1. The second-order valence-corrected chi connectivity index (χ2v) is 7.83. The smallest absolute Gasteiger partial charge is 0.320 e. The summed E-state index contributed by atoms with van der Waals surface area (Å²) in [6.45, 7) is 1.93. The van der Waals surface area contributed by atoms with Gasteiger partial charge in [-0.3, -0.25) is 10.0 Å². The average molecular weight is 460 g/mol. The lowest BCUT2D eigenvalue weighted by Gasteiger charge is -2.38. The number of hydrogen-bond acceptors (Lipinski definition) is 5. The molecule has 4 rings (SSSR count). The topological polar surface area (TPSA) is 91.3 Å². The van der Waals surface area contributed by atoms with Gasteiger partial charge in [-0.05, 0) is 30.5 Å². The highest BCUT2D eigenvalue weighted by Crippen LogP contribution is 2.33. The van der Waals surface area contributed by atoms with Crippen LogP contribution in [0.5, 0.6) is 5.75 Å². The van der Waals surface area contributed by atoms with Crippen LogP contribution in [0.15, 0.2) is 48.5 Å². The second kappa shape index (κ2) is 10.7. The van der Waals surface area contributed by atoms with Gasteiger partial charge in [-0.1, -0.05) is 36.4 Å². The molecular formula is C23H29N3O5S. The summed E-state index contributed by atoms with van der Waals surface area (Å²) in [5.74, 6) is -0.0698. The molecule has 0 bridgehead atoms. The quantitative estimate of drug-likeness (QED) is 0.544. The van der Waals surface area contributed by atoms with Crippen molar-refractivity contribution in [2.45, 2.75) is 31.5 Å². The van der Waals surface area contributed by atoms with Crippen LogP contribution < -0.4 is 10.2 Å². The van der Waals surface area contributed by atoms with Crippen molar-refractivity contribution < 1.29 is 24.3 Å². The minimum Gasteiger partial charge on any atom is -0.491 e. The van der Waals surface area contributed by atoms with E-state index in [9.17, 15) is 9.59 Å². The molecule has 0 radical (unpaired) electrons. The lowest BCUT2D eigenvalue weighted by molar-refractivity contribution is 0.0398. The third-order valence-electron chi connectivity index (χ3n) is 6.02. The van der Waals surface area contributed by atoms with Gasteiger partial charge in [0.1, 0.15) is 12.4 Å². The molecule has 8 nitrogen and oxygen atoms in total. The van der Waals surface area contributed by atoms with Crippen molar-refractivity contribution in [3.63, 3.8) is 0 Å². The van der Waals surface area contributed by atoms with Gasteiger partial charge in [-0.2, -0.15) is 13.5 Å². The van der Waals surface area contributed by atoms with Gasteiger partial charge in [0.05, 0.1) is 18.7 Å². The van der Waals surface area contributed by atoms with Gasteiger partial charge in [0.15, 0.2) is 0 Å². The first-order chi connectivity index (χ1) is 15.1. The molecule has 1 atom stereocenters. The standard InChI is InChI=1S/C23H27N3O5.H2S/c1-30-19-9-11-25(12-10-19)23(28)26-14-18-8-7-17(22(27)24-29)13-21(18)31-15-20(26)16-5-3-2-4-6-16;/h2-8,13,19-20,29H,9-12,14-15H2,1H3,(H,24,27);1H2/t20-;/m1./s1. The van der Waals surface area contributed by atoms with Gasteiger partial charge >= 0.3 is 6.03 Å². The van der Waals surface area contributed by atoms with Gasteiger partial charge in [-0.15, -0.1) is 0 Å². The molecular weight excluding hydrogens is 430 g/mol. The van der Waals surface area contributed by atoms with Gasteiger partial charge < -0.3 is 19.3 Å². The largest absolute Gasteiger partial charge is 0.491 e. The van der Waals surface area contributed by atoms with E-state index in [1.54, 1.807) is 30.8 Å². The number of urea groups is 1. The predicted molar refractivity (Wildman–Crippen MR) is 123 cm³/mol. The highest BCUT2D eigenvalue weighted by Gasteiger charge is 2.34. The molecule has 172 valence electrons. The van der Waals surface area contributed by atoms with Gasteiger partial charge in [-0.25, -0.2) is 10.3 Å². The van der Waals surface area contributed by atoms with Crippen LogP contribution >= 0.6 is 13.5 Å². The predicted octanol–water partition coefficient (Wildman–Crippen LogP) is 3.08. The Balaban J connectivity index is 0.00000289. The highest BCUT2D eigenvalue weighted by molar-refractivity contribution is 7.59. The molecule has 0 spiro atoms. The normalized spacial score (nSPS) is 18.6. The first-order valence-electron chi connectivity index (χ1n) is 10.4. The van der Waals surface area contributed by atoms with Crippen LogP contribution in [0.25, 0.3) is 0 Å². The Morgan fingerprint density at radius 1 is 1.12 bits per heavy atom. The number of nitrogens with one attached hydrogen (secondary N) is 1. The first kappa shape index (κ1) is 23.9. The van der Waals surface area contributed by atoms with Gasteiger partial charge in [0, 0.05) is 31.3 Å². The molecule has 1 fully saturated rings. The highest BCUT2D eigenvalue weighted by atomic mass is 32.1. The van der Waals surface area contributed by atoms with E-state index in [4.69, 9.17) is 14.7 Å². The van der Waals surface area contributed by atoms with E-state index in [2.05, 4.69) is 0 Å². The number of amides is 3. The molecule has 0 unspecified atom stereocenters. The fourth-order valence-corrected chi connectivity index (χ4v) is 4.19. The molecule has 0 aliphatic carbocycles. The number of ether oxygens (including phenoxy) is 2. The Morgan fingerprint density at radius 2 is 1.84 bits per heavy atom. The summed E-state index contributed by atoms with van der Waals surface area (Å²) in [5.41, 5.74) is 3.73. The number of benzene rings is 2. The maximum Gasteiger partial charge on any atom is 0.320 e. The SMILES string of the molecule is COC1CCN(C(=O)N2Cc3ccc(C(=O)NO)cc3OC[C@@H]2c2ccccc2)CC1.S. The summed E-state index contributed by atoms with van der Waals surface area (Å²) < 4.78 is 11.5. The van der Waals surface area contributed by atoms with E-state index in [1.807, 2.05) is 40.1 Å². The van der Waals surface area contributed by atoms with Crippen LogP contribution in [0.4, 0.5) is 4.79 Å². The third kappa shape index (κ3) is 5.01. The van der Waals surface area contributed by atoms with Crippen molar-refractivity contribution in [3.05, 3.63) is 65.2 Å². The fraction of sp³-hybridized carbons (Fsp3) is 0.391. The summed E-state index contributed by atoms with van der Waals surface area (Å²) in [6, 6.07) is 14.5. The number of likely N-dealkylation sites (tertiary alicyclic amines) is 1. The molecule has 2 aliphatic rings. The Hall–Kier alpha value is -2.75. The van der Waals surface area contributed by atoms with E-state index in [-0.39, 0.29) is 38.3 Å². The Kier molecular flexibility index (Phi) is 8.00. The summed E-state index contributed by atoms with van der Waals surface area (Å²) in [7, 11) is 1.71. The second-order valence-electron chi connectivity index (χ2n) is 7.83. The number of nitrogens with zero attached hydrogens (tertiary/aromatic N) is 2. The average Bonchev–Trinajstić information content (AvgIpc) is 3.03. The van der Waals surface area contributed by atoms with E-state index in [1.165, 1.54) is 0 Å². The van der Waals surface area contributed by atoms with Crippen molar-refractivity contribution in [2.24, 2.45) is 0 Å². The maximum atomic E-state index is 13.6. The molecule has 1 saturated heterocycles. The Bertz CT molecular complexity index is 934. The zero-order valence-electron chi connectivity index (χ0n) is 18.0. The van der Waals surface area contributed by atoms with Crippen molar-refractivity contribution in [1.29, 1.82) is 0 Å². The van der Waals surface area contributed by atoms with E-state index >= 15 is 0 Å². The number of hydrogen-bond donors (Lipinski definition) is 2. The van der Waals surface area contributed by atoms with Crippen LogP contribution in [-0.4, -0.2) is 59.9 Å². The fourth-order valence-electron chi connectivity index (χ4n) is 4.19. The molecule has 2 aliphatic heterocycles. The minimum atomic E-state index is -0.607. The Labute approximate surface area is 194 Å². The van der Waals surface area contributed by atoms with Crippen LogP contribution in [0.2, 0.25) is 0 Å². The number of carbonyl (C=O) groups excluding carboxylic acids is 2. The van der Waals surface area contributed by atoms with Crippen LogP contribution in [0.3, 0.4) is 0 Å². The number of rotatable bonds is 3. The Morgan fingerprint density at radius 3 is 2.50 bits per heavy atom. The molecule has 2 N–H and O–H groups in total. The number of carbonyl (C=O) groups is 2. The maximum absolute atomic E-state index is 13.6. The summed E-state index contributed by atoms with van der Waals surface area (Å²) in [6.07, 6.45) is 1.83. The molecule has 2 aromatic carbocycles. The van der Waals surface area contributed by atoms with Crippen molar-refractivity contribution in [2.75, 3.05) is 26.8 Å². The molecule has 0 aromatic heterocycles. The molecule has 2 heterocycles. The first-order valence-corrected chi connectivity index (χ1v) is 10.4. The van der Waals surface area contributed by atoms with E-state index < -0.39 is 5.91 Å². The van der Waals surface area contributed by atoms with Crippen LogP contribution in [0.1, 0.15) is 40.4 Å². The zero-order valence-corrected chi connectivity index (χ0v) is 19.0. The minimum absolute atomic E-state index is 0. The monoisotopic (exact) mass is 459 g/mol. The number of methoxy groups -OCH3 is 1. The van der Waals surface area contributed by atoms with E-state index in [0.717, 1.165) is 24.0 Å². The zero-order chi connectivity index (χ0) is 21.8. The van der Waals surface area contributed by atoms with Crippen molar-refractivity contribution in [3.8, 4) is 5.75 Å². The number of piperidine rings is 1. The number of hydroxylamine groups is 1. The molecule has 0 saturated carbocycles. The molecule has 9 heteroatoms. The van der Waals surface area contributed by atoms with Gasteiger partial charge in [0.2, 0.25) is 0 Å². The van der Waals surface area contributed by atoms with E-state index in [0.29, 0.717) is 30.9 Å². The lowest BCUT2D eigenvalue weighted by atomic mass is 10.0.